The number of nitrogen functional groups attached to an aromatic ring is 1. The summed E-state index contributed by atoms with van der Waals surface area (Å²) < 4.78 is 0. The first-order valence-electron chi connectivity index (χ1n) is 10.0. The molecule has 1 saturated heterocycles. The Bertz CT molecular complexity index is 794. The number of para-hydroxylation sites is 1. The monoisotopic (exact) mass is 451 g/mol. The van der Waals surface area contributed by atoms with Crippen molar-refractivity contribution >= 4 is 42.1 Å². The number of anilines is 1. The number of nitrogens with zero attached hydrogens (tertiary/aromatic N) is 1. The normalized spacial score (nSPS) is 14.4. The Morgan fingerprint density at radius 3 is 2.23 bits per heavy atom. The number of halogens is 2. The van der Waals surface area contributed by atoms with Crippen LogP contribution in [0.25, 0.3) is 0 Å². The molecule has 7 heteroatoms. The molecule has 3 rings (SSSR count). The van der Waals surface area contributed by atoms with Gasteiger partial charge in [-0.05, 0) is 51.0 Å². The van der Waals surface area contributed by atoms with E-state index in [0.717, 1.165) is 44.5 Å². The first-order valence-corrected chi connectivity index (χ1v) is 10.0. The number of benzene rings is 2. The lowest BCUT2D eigenvalue weighted by Crippen LogP contribution is -2.44. The zero-order chi connectivity index (χ0) is 19.8. The average Bonchev–Trinajstić information content (AvgIpc) is 2.74. The van der Waals surface area contributed by atoms with Gasteiger partial charge in [-0.2, -0.15) is 0 Å². The lowest BCUT2D eigenvalue weighted by Gasteiger charge is -2.32. The van der Waals surface area contributed by atoms with Crippen LogP contribution in [0.3, 0.4) is 0 Å². The summed E-state index contributed by atoms with van der Waals surface area (Å²) in [6.07, 6.45) is 3.52. The highest BCUT2D eigenvalue weighted by atomic mass is 35.5. The summed E-state index contributed by atoms with van der Waals surface area (Å²) >= 11 is 0. The number of hydrogen-bond donors (Lipinski definition) is 2. The van der Waals surface area contributed by atoms with Crippen LogP contribution in [-0.4, -0.2) is 48.7 Å². The molecule has 1 aliphatic heterocycles. The molecule has 0 amide bonds. The van der Waals surface area contributed by atoms with Crippen LogP contribution in [0.4, 0.5) is 5.69 Å². The molecule has 164 valence electrons. The topological polar surface area (TPSA) is 75.4 Å². The van der Waals surface area contributed by atoms with Crippen LogP contribution in [-0.2, 0) is 0 Å². The molecular formula is C23H31Cl2N3O2. The summed E-state index contributed by atoms with van der Waals surface area (Å²) in [4.78, 5) is 26.9. The Morgan fingerprint density at radius 1 is 0.933 bits per heavy atom. The van der Waals surface area contributed by atoms with Crippen molar-refractivity contribution in [3.05, 3.63) is 65.7 Å². The van der Waals surface area contributed by atoms with Crippen LogP contribution in [0.2, 0.25) is 0 Å². The van der Waals surface area contributed by atoms with Crippen LogP contribution in [0, 0.1) is 0 Å². The highest BCUT2D eigenvalue weighted by Gasteiger charge is 2.20. The Kier molecular flexibility index (Phi) is 11.7. The highest BCUT2D eigenvalue weighted by molar-refractivity contribution is 6.02. The zero-order valence-electron chi connectivity index (χ0n) is 17.1. The molecule has 0 aromatic heterocycles. The van der Waals surface area contributed by atoms with Crippen LogP contribution in [0.5, 0.6) is 0 Å². The van der Waals surface area contributed by atoms with Crippen molar-refractivity contribution in [2.75, 3.05) is 31.9 Å². The van der Waals surface area contributed by atoms with Gasteiger partial charge in [0.05, 0.1) is 6.54 Å². The molecule has 0 bridgehead atoms. The third-order valence-electron chi connectivity index (χ3n) is 5.37. The van der Waals surface area contributed by atoms with E-state index in [0.29, 0.717) is 30.3 Å². The average molecular weight is 452 g/mol. The van der Waals surface area contributed by atoms with Crippen molar-refractivity contribution in [3.8, 4) is 0 Å². The standard InChI is InChI=1S/C23H29N3O2.2ClH/c24-21-10-5-4-9-20(21)23(28)17-25-19-12-15-26(16-13-19)14-6-11-22(27)18-7-2-1-3-8-18;;/h1-5,7-10,19,25H,6,11-17,24H2;2*1H. The van der Waals surface area contributed by atoms with E-state index in [1.165, 1.54) is 0 Å². The Morgan fingerprint density at radius 2 is 1.57 bits per heavy atom. The highest BCUT2D eigenvalue weighted by Crippen LogP contribution is 2.14. The number of rotatable bonds is 9. The Labute approximate surface area is 191 Å². The summed E-state index contributed by atoms with van der Waals surface area (Å²) in [6, 6.07) is 17.1. The number of nitrogens with one attached hydrogen (secondary N) is 1. The van der Waals surface area contributed by atoms with Gasteiger partial charge in [-0.25, -0.2) is 0 Å². The molecule has 0 atom stereocenters. The maximum Gasteiger partial charge on any atom is 0.178 e. The fraction of sp³-hybridized carbons (Fsp3) is 0.391. The van der Waals surface area contributed by atoms with Gasteiger partial charge in [0.1, 0.15) is 0 Å². The first kappa shape index (κ1) is 26.1. The number of piperidine rings is 1. The van der Waals surface area contributed by atoms with Gasteiger partial charge >= 0.3 is 0 Å². The van der Waals surface area contributed by atoms with E-state index in [9.17, 15) is 9.59 Å². The predicted octanol–water partition coefficient (Wildman–Crippen LogP) is 4.01. The van der Waals surface area contributed by atoms with E-state index < -0.39 is 0 Å². The van der Waals surface area contributed by atoms with Crippen LogP contribution in [0.15, 0.2) is 54.6 Å². The van der Waals surface area contributed by atoms with Crippen molar-refractivity contribution in [1.29, 1.82) is 0 Å². The number of carbonyl (C=O) groups excluding carboxylic acids is 2. The molecule has 1 aliphatic rings. The third kappa shape index (κ3) is 7.73. The summed E-state index contributed by atoms with van der Waals surface area (Å²) in [7, 11) is 0. The molecule has 0 unspecified atom stereocenters. The third-order valence-corrected chi connectivity index (χ3v) is 5.37. The summed E-state index contributed by atoms with van der Waals surface area (Å²) in [5.41, 5.74) is 7.80. The number of likely N-dealkylation sites (tertiary alicyclic amines) is 1. The molecule has 1 heterocycles. The van der Waals surface area contributed by atoms with E-state index in [4.69, 9.17) is 5.73 Å². The fourth-order valence-electron chi connectivity index (χ4n) is 3.68. The molecule has 30 heavy (non-hydrogen) atoms. The van der Waals surface area contributed by atoms with Crippen molar-refractivity contribution in [3.63, 3.8) is 0 Å². The molecule has 2 aromatic rings. The smallest absolute Gasteiger partial charge is 0.178 e. The molecule has 0 saturated carbocycles. The molecule has 0 aliphatic carbocycles. The second-order valence-electron chi connectivity index (χ2n) is 7.40. The Balaban J connectivity index is 0.00000225. The Hall–Kier alpha value is -1.92. The molecular weight excluding hydrogens is 421 g/mol. The lowest BCUT2D eigenvalue weighted by molar-refractivity contribution is 0.0971. The number of Topliss-reactive ketones (excluding diaryl/α,β-unsaturated/α-hetero) is 2. The van der Waals surface area contributed by atoms with Gasteiger partial charge < -0.3 is 16.0 Å². The molecule has 0 spiro atoms. The minimum Gasteiger partial charge on any atom is -0.398 e. The molecule has 1 fully saturated rings. The van der Waals surface area contributed by atoms with Gasteiger partial charge in [-0.3, -0.25) is 9.59 Å². The van der Waals surface area contributed by atoms with Crippen molar-refractivity contribution in [1.82, 2.24) is 10.2 Å². The van der Waals surface area contributed by atoms with E-state index in [1.807, 2.05) is 42.5 Å². The van der Waals surface area contributed by atoms with Gasteiger partial charge in [0, 0.05) is 29.3 Å². The number of nitrogens with two attached hydrogens (primary N) is 1. The SMILES string of the molecule is Cl.Cl.Nc1ccccc1C(=O)CNC1CCN(CCCC(=O)c2ccccc2)CC1. The maximum atomic E-state index is 12.3. The van der Waals surface area contributed by atoms with Gasteiger partial charge in [0.25, 0.3) is 0 Å². The quantitative estimate of drug-likeness (QED) is 0.444. The molecule has 5 nitrogen and oxygen atoms in total. The minimum absolute atomic E-state index is 0. The van der Waals surface area contributed by atoms with E-state index in [-0.39, 0.29) is 36.4 Å². The van der Waals surface area contributed by atoms with Crippen molar-refractivity contribution < 1.29 is 9.59 Å². The fourth-order valence-corrected chi connectivity index (χ4v) is 3.68. The molecule has 0 radical (unpaired) electrons. The minimum atomic E-state index is 0. The van der Waals surface area contributed by atoms with Crippen molar-refractivity contribution in [2.24, 2.45) is 0 Å². The van der Waals surface area contributed by atoms with Gasteiger partial charge in [-0.15, -0.1) is 24.8 Å². The first-order chi connectivity index (χ1) is 13.6. The second kappa shape index (κ2) is 13.4. The number of carbonyl (C=O) groups is 2. The van der Waals surface area contributed by atoms with E-state index in [1.54, 1.807) is 12.1 Å². The second-order valence-corrected chi connectivity index (χ2v) is 7.40. The molecule has 2 aromatic carbocycles. The van der Waals surface area contributed by atoms with Crippen LogP contribution < -0.4 is 11.1 Å². The maximum absolute atomic E-state index is 12.3. The summed E-state index contributed by atoms with van der Waals surface area (Å²) in [5.74, 6) is 0.260. The number of hydrogen-bond acceptors (Lipinski definition) is 5. The van der Waals surface area contributed by atoms with E-state index >= 15 is 0 Å². The van der Waals surface area contributed by atoms with E-state index in [2.05, 4.69) is 10.2 Å². The lowest BCUT2D eigenvalue weighted by atomic mass is 10.0. The van der Waals surface area contributed by atoms with Gasteiger partial charge in [0.2, 0.25) is 0 Å². The van der Waals surface area contributed by atoms with Crippen molar-refractivity contribution in [2.45, 2.75) is 31.7 Å². The molecule has 3 N–H and O–H groups in total. The largest absolute Gasteiger partial charge is 0.398 e. The summed E-state index contributed by atoms with van der Waals surface area (Å²) in [6.45, 7) is 3.27. The van der Waals surface area contributed by atoms with Gasteiger partial charge in [0.15, 0.2) is 11.6 Å². The van der Waals surface area contributed by atoms with Gasteiger partial charge in [-0.1, -0.05) is 42.5 Å². The predicted molar refractivity (Wildman–Crippen MR) is 127 cm³/mol. The van der Waals surface area contributed by atoms with Crippen LogP contribution >= 0.6 is 24.8 Å². The number of ketones is 2. The summed E-state index contributed by atoms with van der Waals surface area (Å²) in [5, 5.41) is 3.38. The zero-order valence-corrected chi connectivity index (χ0v) is 18.7. The van der Waals surface area contributed by atoms with Crippen LogP contribution in [0.1, 0.15) is 46.4 Å².